The van der Waals surface area contributed by atoms with E-state index in [9.17, 15) is 4.79 Å². The van der Waals surface area contributed by atoms with Gasteiger partial charge in [0.2, 0.25) is 0 Å². The molecule has 80 valence electrons. The van der Waals surface area contributed by atoms with Crippen molar-refractivity contribution in [2.24, 2.45) is 5.92 Å². The van der Waals surface area contributed by atoms with Crippen molar-refractivity contribution >= 4 is 5.97 Å². The van der Waals surface area contributed by atoms with Gasteiger partial charge in [0.05, 0.1) is 5.92 Å². The van der Waals surface area contributed by atoms with E-state index in [0.29, 0.717) is 0 Å². The van der Waals surface area contributed by atoms with Crippen molar-refractivity contribution in [3.8, 4) is 0 Å². The molecule has 0 bridgehead atoms. The summed E-state index contributed by atoms with van der Waals surface area (Å²) in [5.74, 6) is -0.812. The number of allylic oxidation sites excluding steroid dienone is 3. The maximum absolute atomic E-state index is 10.7. The lowest BCUT2D eigenvalue weighted by Gasteiger charge is -2.07. The number of carboxylic acids is 1. The van der Waals surface area contributed by atoms with Crippen molar-refractivity contribution in [3.05, 3.63) is 24.8 Å². The Hall–Kier alpha value is -1.05. The molecule has 1 N–H and O–H groups in total. The molecule has 0 rings (SSSR count). The highest BCUT2D eigenvalue weighted by Crippen LogP contribution is 2.13. The number of carbonyl (C=O) groups is 1. The molecule has 0 spiro atoms. The second kappa shape index (κ2) is 8.54. The average molecular weight is 196 g/mol. The Morgan fingerprint density at radius 1 is 1.50 bits per heavy atom. The first-order valence-corrected chi connectivity index (χ1v) is 5.22. The van der Waals surface area contributed by atoms with Gasteiger partial charge in [-0.05, 0) is 25.7 Å². The highest BCUT2D eigenvalue weighted by molar-refractivity contribution is 5.69. The van der Waals surface area contributed by atoms with E-state index in [1.165, 1.54) is 0 Å². The quantitative estimate of drug-likeness (QED) is 0.477. The van der Waals surface area contributed by atoms with E-state index in [0.717, 1.165) is 32.1 Å². The summed E-state index contributed by atoms with van der Waals surface area (Å²) < 4.78 is 0. The van der Waals surface area contributed by atoms with Crippen molar-refractivity contribution in [1.29, 1.82) is 0 Å². The summed E-state index contributed by atoms with van der Waals surface area (Å²) in [6, 6.07) is 0. The van der Waals surface area contributed by atoms with Gasteiger partial charge in [0, 0.05) is 0 Å². The molecule has 0 aliphatic rings. The molecule has 0 radical (unpaired) electrons. The maximum Gasteiger partial charge on any atom is 0.306 e. The smallest absolute Gasteiger partial charge is 0.306 e. The molecule has 0 saturated heterocycles. The first-order chi connectivity index (χ1) is 6.72. The lowest BCUT2D eigenvalue weighted by molar-refractivity contribution is -0.142. The van der Waals surface area contributed by atoms with Gasteiger partial charge in [-0.1, -0.05) is 38.2 Å². The summed E-state index contributed by atoms with van der Waals surface area (Å²) in [4.78, 5) is 10.7. The third-order valence-corrected chi connectivity index (χ3v) is 2.29. The Labute approximate surface area is 86.3 Å². The predicted molar refractivity (Wildman–Crippen MR) is 59.2 cm³/mol. The molecule has 2 heteroatoms. The average Bonchev–Trinajstić information content (AvgIpc) is 2.16. The highest BCUT2D eigenvalue weighted by Gasteiger charge is 2.13. The van der Waals surface area contributed by atoms with Gasteiger partial charge in [-0.2, -0.15) is 0 Å². The minimum atomic E-state index is -0.658. The van der Waals surface area contributed by atoms with Gasteiger partial charge >= 0.3 is 5.97 Å². The zero-order valence-corrected chi connectivity index (χ0v) is 8.91. The third-order valence-electron chi connectivity index (χ3n) is 2.29. The van der Waals surface area contributed by atoms with E-state index in [4.69, 9.17) is 5.11 Å². The lowest BCUT2D eigenvalue weighted by Crippen LogP contribution is -2.12. The van der Waals surface area contributed by atoms with Crippen LogP contribution < -0.4 is 0 Å². The fourth-order valence-corrected chi connectivity index (χ4v) is 1.35. The van der Waals surface area contributed by atoms with E-state index in [2.05, 4.69) is 12.7 Å². The molecule has 0 aromatic rings. The van der Waals surface area contributed by atoms with Crippen LogP contribution in [0.1, 0.15) is 39.0 Å². The van der Waals surface area contributed by atoms with Crippen molar-refractivity contribution in [2.75, 3.05) is 0 Å². The van der Waals surface area contributed by atoms with Crippen molar-refractivity contribution in [3.63, 3.8) is 0 Å². The Morgan fingerprint density at radius 3 is 2.71 bits per heavy atom. The molecule has 0 saturated carbocycles. The molecular weight excluding hydrogens is 176 g/mol. The van der Waals surface area contributed by atoms with Gasteiger partial charge in [-0.25, -0.2) is 0 Å². The molecule has 0 aromatic heterocycles. The number of rotatable bonds is 8. The van der Waals surface area contributed by atoms with Crippen molar-refractivity contribution in [2.45, 2.75) is 39.0 Å². The molecular formula is C12H20O2. The van der Waals surface area contributed by atoms with Crippen LogP contribution in [0.2, 0.25) is 0 Å². The fourth-order valence-electron chi connectivity index (χ4n) is 1.35. The summed E-state index contributed by atoms with van der Waals surface area (Å²) in [5, 5.41) is 8.79. The Bertz CT molecular complexity index is 194. The second-order valence-corrected chi connectivity index (χ2v) is 3.39. The van der Waals surface area contributed by atoms with Gasteiger partial charge in [0.15, 0.2) is 0 Å². The van der Waals surface area contributed by atoms with E-state index in [-0.39, 0.29) is 5.92 Å². The maximum atomic E-state index is 10.7. The van der Waals surface area contributed by atoms with Crippen LogP contribution in [0.15, 0.2) is 24.8 Å². The Balaban J connectivity index is 3.47. The van der Waals surface area contributed by atoms with E-state index in [1.54, 1.807) is 6.08 Å². The van der Waals surface area contributed by atoms with E-state index in [1.807, 2.05) is 13.0 Å². The van der Waals surface area contributed by atoms with Crippen LogP contribution >= 0.6 is 0 Å². The second-order valence-electron chi connectivity index (χ2n) is 3.39. The predicted octanol–water partition coefficient (Wildman–Crippen LogP) is 3.40. The summed E-state index contributed by atoms with van der Waals surface area (Å²) in [6.07, 6.45) is 10.4. The van der Waals surface area contributed by atoms with Crippen LogP contribution in [0, 0.1) is 5.92 Å². The molecule has 0 amide bonds. The van der Waals surface area contributed by atoms with Crippen LogP contribution in [0.3, 0.4) is 0 Å². The summed E-state index contributed by atoms with van der Waals surface area (Å²) in [6.45, 7) is 5.51. The van der Waals surface area contributed by atoms with Gasteiger partial charge in [-0.3, -0.25) is 4.79 Å². The van der Waals surface area contributed by atoms with E-state index >= 15 is 0 Å². The number of hydrogen-bond acceptors (Lipinski definition) is 1. The minimum Gasteiger partial charge on any atom is -0.481 e. The lowest BCUT2D eigenvalue weighted by atomic mass is 9.99. The molecule has 0 aliphatic carbocycles. The molecule has 0 aliphatic heterocycles. The number of aliphatic carboxylic acids is 1. The van der Waals surface area contributed by atoms with Crippen LogP contribution in [-0.2, 0) is 4.79 Å². The topological polar surface area (TPSA) is 37.3 Å². The molecule has 1 unspecified atom stereocenters. The standard InChI is InChI=1S/C12H20O2/c1-3-5-6-7-8-9-10-11(4-2)12(13)14/h3,5-6,11H,1,4,7-10H2,2H3,(H,13,14). The first-order valence-electron chi connectivity index (χ1n) is 5.22. The number of unbranched alkanes of at least 4 members (excludes halogenated alkanes) is 2. The zero-order chi connectivity index (χ0) is 10.8. The Kier molecular flexibility index (Phi) is 7.90. The van der Waals surface area contributed by atoms with Crippen molar-refractivity contribution in [1.82, 2.24) is 0 Å². The Morgan fingerprint density at radius 2 is 2.21 bits per heavy atom. The van der Waals surface area contributed by atoms with E-state index < -0.39 is 5.97 Å². The normalized spacial score (nSPS) is 12.9. The van der Waals surface area contributed by atoms with Crippen molar-refractivity contribution < 1.29 is 9.90 Å². The molecule has 14 heavy (non-hydrogen) atoms. The van der Waals surface area contributed by atoms with Gasteiger partial charge in [0.25, 0.3) is 0 Å². The van der Waals surface area contributed by atoms with Crippen LogP contribution in [0.25, 0.3) is 0 Å². The molecule has 0 fully saturated rings. The highest BCUT2D eigenvalue weighted by atomic mass is 16.4. The summed E-state index contributed by atoms with van der Waals surface area (Å²) in [5.41, 5.74) is 0. The number of carboxylic acid groups (broad SMARTS) is 1. The van der Waals surface area contributed by atoms with Gasteiger partial charge in [-0.15, -0.1) is 0 Å². The van der Waals surface area contributed by atoms with Crippen LogP contribution in [-0.4, -0.2) is 11.1 Å². The molecule has 2 nitrogen and oxygen atoms in total. The minimum absolute atomic E-state index is 0.154. The fraction of sp³-hybridized carbons (Fsp3) is 0.583. The van der Waals surface area contributed by atoms with Crippen LogP contribution in [0.4, 0.5) is 0 Å². The largest absolute Gasteiger partial charge is 0.481 e. The number of hydrogen-bond donors (Lipinski definition) is 1. The summed E-state index contributed by atoms with van der Waals surface area (Å²) >= 11 is 0. The SMILES string of the molecule is C=CC=CCCCCC(CC)C(=O)O. The zero-order valence-electron chi connectivity index (χ0n) is 8.91. The summed E-state index contributed by atoms with van der Waals surface area (Å²) in [7, 11) is 0. The molecule has 0 heterocycles. The molecule has 1 atom stereocenters. The molecule has 0 aromatic carbocycles. The van der Waals surface area contributed by atoms with Gasteiger partial charge in [0.1, 0.15) is 0 Å². The van der Waals surface area contributed by atoms with Crippen LogP contribution in [0.5, 0.6) is 0 Å². The monoisotopic (exact) mass is 196 g/mol. The van der Waals surface area contributed by atoms with Gasteiger partial charge < -0.3 is 5.11 Å². The third kappa shape index (κ3) is 6.46. The first kappa shape index (κ1) is 12.9.